The second-order valence-electron chi connectivity index (χ2n) is 6.24. The monoisotopic (exact) mass is 239 g/mol. The summed E-state index contributed by atoms with van der Waals surface area (Å²) in [5, 5.41) is 2.96. The molecule has 1 amide bonds. The molecule has 96 valence electrons. The van der Waals surface area contributed by atoms with Crippen molar-refractivity contribution in [3.8, 4) is 0 Å². The van der Waals surface area contributed by atoms with Gasteiger partial charge in [0.1, 0.15) is 5.60 Å². The number of esters is 1. The average molecular weight is 239 g/mol. The predicted octanol–water partition coefficient (Wildman–Crippen LogP) is 1.78. The highest BCUT2D eigenvalue weighted by atomic mass is 16.6. The predicted molar refractivity (Wildman–Crippen MR) is 63.3 cm³/mol. The van der Waals surface area contributed by atoms with Crippen LogP contribution in [0.4, 0.5) is 0 Å². The third-order valence-electron chi connectivity index (χ3n) is 3.59. The first kappa shape index (κ1) is 12.4. The van der Waals surface area contributed by atoms with E-state index in [0.717, 1.165) is 25.7 Å². The number of carbonyl (C=O) groups excluding carboxylic acids is 2. The first-order chi connectivity index (χ1) is 7.82. The first-order valence-electron chi connectivity index (χ1n) is 6.36. The van der Waals surface area contributed by atoms with Crippen molar-refractivity contribution in [1.29, 1.82) is 0 Å². The van der Waals surface area contributed by atoms with Crippen LogP contribution < -0.4 is 5.32 Å². The van der Waals surface area contributed by atoms with E-state index in [1.54, 1.807) is 0 Å². The quantitative estimate of drug-likeness (QED) is 0.710. The number of amides is 1. The van der Waals surface area contributed by atoms with Gasteiger partial charge in [0.2, 0.25) is 5.91 Å². The maximum Gasteiger partial charge on any atom is 0.307 e. The van der Waals surface area contributed by atoms with Crippen molar-refractivity contribution in [2.75, 3.05) is 0 Å². The SMILES string of the molecule is CC(C)(C)NC(=O)[C@@H]1CC(=O)OC12CCCC2. The van der Waals surface area contributed by atoms with Gasteiger partial charge in [-0.2, -0.15) is 0 Å². The lowest BCUT2D eigenvalue weighted by Crippen LogP contribution is -2.49. The highest BCUT2D eigenvalue weighted by Gasteiger charge is 2.54. The minimum Gasteiger partial charge on any atom is -0.458 e. The molecule has 1 atom stereocenters. The maximum atomic E-state index is 12.2. The minimum atomic E-state index is -0.494. The number of carbonyl (C=O) groups is 2. The van der Waals surface area contributed by atoms with Gasteiger partial charge in [0, 0.05) is 5.54 Å². The molecule has 1 saturated heterocycles. The molecular formula is C13H21NO3. The molecule has 0 aromatic carbocycles. The fraction of sp³-hybridized carbons (Fsp3) is 0.846. The zero-order valence-corrected chi connectivity index (χ0v) is 10.8. The van der Waals surface area contributed by atoms with Crippen molar-refractivity contribution in [3.05, 3.63) is 0 Å². The van der Waals surface area contributed by atoms with Crippen LogP contribution in [0.1, 0.15) is 52.9 Å². The van der Waals surface area contributed by atoms with Gasteiger partial charge in [-0.1, -0.05) is 0 Å². The Bertz CT molecular complexity index is 337. The zero-order valence-electron chi connectivity index (χ0n) is 10.8. The van der Waals surface area contributed by atoms with Gasteiger partial charge >= 0.3 is 5.97 Å². The van der Waals surface area contributed by atoms with Crippen LogP contribution in [0.15, 0.2) is 0 Å². The maximum absolute atomic E-state index is 12.2. The second kappa shape index (κ2) is 4.00. The van der Waals surface area contributed by atoms with Gasteiger partial charge < -0.3 is 10.1 Å². The van der Waals surface area contributed by atoms with E-state index in [9.17, 15) is 9.59 Å². The molecule has 0 bridgehead atoms. The molecular weight excluding hydrogens is 218 g/mol. The fourth-order valence-electron chi connectivity index (χ4n) is 2.90. The fourth-order valence-corrected chi connectivity index (χ4v) is 2.90. The lowest BCUT2D eigenvalue weighted by Gasteiger charge is -2.30. The number of rotatable bonds is 1. The number of nitrogens with one attached hydrogen (secondary N) is 1. The Balaban J connectivity index is 2.13. The number of hydrogen-bond acceptors (Lipinski definition) is 3. The topological polar surface area (TPSA) is 55.4 Å². The van der Waals surface area contributed by atoms with Crippen LogP contribution in [0.5, 0.6) is 0 Å². The normalized spacial score (nSPS) is 27.2. The van der Waals surface area contributed by atoms with E-state index in [2.05, 4.69) is 5.32 Å². The Morgan fingerprint density at radius 3 is 2.47 bits per heavy atom. The number of ether oxygens (including phenoxy) is 1. The van der Waals surface area contributed by atoms with Crippen molar-refractivity contribution in [2.45, 2.75) is 64.0 Å². The van der Waals surface area contributed by atoms with Crippen LogP contribution >= 0.6 is 0 Å². The van der Waals surface area contributed by atoms with Gasteiger partial charge in [0.05, 0.1) is 12.3 Å². The molecule has 1 saturated carbocycles. The Labute approximate surface area is 102 Å². The van der Waals surface area contributed by atoms with E-state index >= 15 is 0 Å². The van der Waals surface area contributed by atoms with Crippen LogP contribution in [-0.2, 0) is 14.3 Å². The van der Waals surface area contributed by atoms with E-state index in [1.165, 1.54) is 0 Å². The molecule has 2 aliphatic rings. The molecule has 1 heterocycles. The molecule has 0 aromatic rings. The Kier molecular flexibility index (Phi) is 2.92. The largest absolute Gasteiger partial charge is 0.458 e. The average Bonchev–Trinajstić information content (AvgIpc) is 2.72. The molecule has 4 nitrogen and oxygen atoms in total. The van der Waals surface area contributed by atoms with Crippen molar-refractivity contribution >= 4 is 11.9 Å². The molecule has 4 heteroatoms. The lowest BCUT2D eigenvalue weighted by atomic mass is 9.84. The molecule has 0 unspecified atom stereocenters. The van der Waals surface area contributed by atoms with Gasteiger partial charge in [-0.3, -0.25) is 9.59 Å². The molecule has 1 aliphatic heterocycles. The molecule has 2 fully saturated rings. The van der Waals surface area contributed by atoms with Gasteiger partial charge in [-0.05, 0) is 46.5 Å². The standard InChI is InChI=1S/C13H21NO3/c1-12(2,3)14-11(16)9-8-10(15)17-13(9)6-4-5-7-13/h9H,4-8H2,1-3H3,(H,14,16)/t9-/m0/s1. The van der Waals surface area contributed by atoms with Crippen molar-refractivity contribution in [3.63, 3.8) is 0 Å². The lowest BCUT2D eigenvalue weighted by molar-refractivity contribution is -0.150. The summed E-state index contributed by atoms with van der Waals surface area (Å²) in [7, 11) is 0. The van der Waals surface area contributed by atoms with Crippen molar-refractivity contribution in [2.24, 2.45) is 5.92 Å². The molecule has 0 aromatic heterocycles. The summed E-state index contributed by atoms with van der Waals surface area (Å²) in [6, 6.07) is 0. The van der Waals surface area contributed by atoms with E-state index in [0.29, 0.717) is 0 Å². The summed E-state index contributed by atoms with van der Waals surface area (Å²) in [6.45, 7) is 5.84. The minimum absolute atomic E-state index is 0.0368. The third kappa shape index (κ3) is 2.45. The van der Waals surface area contributed by atoms with Crippen LogP contribution in [0.25, 0.3) is 0 Å². The summed E-state index contributed by atoms with van der Waals surface area (Å²) >= 11 is 0. The van der Waals surface area contributed by atoms with Crippen molar-refractivity contribution in [1.82, 2.24) is 5.32 Å². The van der Waals surface area contributed by atoms with Gasteiger partial charge in [-0.25, -0.2) is 0 Å². The first-order valence-corrected chi connectivity index (χ1v) is 6.36. The summed E-state index contributed by atoms with van der Waals surface area (Å²) in [6.07, 6.45) is 4.00. The third-order valence-corrected chi connectivity index (χ3v) is 3.59. The zero-order chi connectivity index (χ0) is 12.7. The molecule has 1 N–H and O–H groups in total. The van der Waals surface area contributed by atoms with Gasteiger partial charge in [0.15, 0.2) is 0 Å². The number of hydrogen-bond donors (Lipinski definition) is 1. The Morgan fingerprint density at radius 1 is 1.35 bits per heavy atom. The van der Waals surface area contributed by atoms with Crippen LogP contribution in [0.2, 0.25) is 0 Å². The second-order valence-corrected chi connectivity index (χ2v) is 6.24. The van der Waals surface area contributed by atoms with E-state index in [4.69, 9.17) is 4.74 Å². The summed E-state index contributed by atoms with van der Waals surface area (Å²) in [5.74, 6) is -0.553. The summed E-state index contributed by atoms with van der Waals surface area (Å²) < 4.78 is 5.46. The van der Waals surface area contributed by atoms with Gasteiger partial charge in [0.25, 0.3) is 0 Å². The Hall–Kier alpha value is -1.06. The van der Waals surface area contributed by atoms with E-state index in [1.807, 2.05) is 20.8 Å². The molecule has 2 rings (SSSR count). The van der Waals surface area contributed by atoms with E-state index in [-0.39, 0.29) is 29.8 Å². The molecule has 1 aliphatic carbocycles. The van der Waals surface area contributed by atoms with Crippen LogP contribution in [0, 0.1) is 5.92 Å². The van der Waals surface area contributed by atoms with Crippen LogP contribution in [0.3, 0.4) is 0 Å². The van der Waals surface area contributed by atoms with Gasteiger partial charge in [-0.15, -0.1) is 0 Å². The highest BCUT2D eigenvalue weighted by Crippen LogP contribution is 2.45. The molecule has 1 spiro atoms. The summed E-state index contributed by atoms with van der Waals surface area (Å²) in [4.78, 5) is 23.7. The van der Waals surface area contributed by atoms with Crippen molar-refractivity contribution < 1.29 is 14.3 Å². The highest BCUT2D eigenvalue weighted by molar-refractivity contribution is 5.88. The Morgan fingerprint density at radius 2 is 1.94 bits per heavy atom. The van der Waals surface area contributed by atoms with E-state index < -0.39 is 5.60 Å². The smallest absolute Gasteiger partial charge is 0.307 e. The summed E-state index contributed by atoms with van der Waals surface area (Å²) in [5.41, 5.74) is -0.755. The van der Waals surface area contributed by atoms with Crippen LogP contribution in [-0.4, -0.2) is 23.0 Å². The molecule has 0 radical (unpaired) electrons. The molecule has 17 heavy (non-hydrogen) atoms.